The van der Waals surface area contributed by atoms with Gasteiger partial charge in [-0.15, -0.1) is 13.2 Å². The number of alkyl halides is 3. The second-order valence-corrected chi connectivity index (χ2v) is 8.15. The number of likely N-dealkylation sites (tertiary alicyclic amines) is 2. The largest absolute Gasteiger partial charge is 0.573 e. The van der Waals surface area contributed by atoms with Crippen molar-refractivity contribution in [2.75, 3.05) is 26.2 Å². The van der Waals surface area contributed by atoms with E-state index in [1.165, 1.54) is 12.1 Å². The van der Waals surface area contributed by atoms with E-state index in [2.05, 4.69) is 15.8 Å². The molecule has 0 spiro atoms. The van der Waals surface area contributed by atoms with Crippen molar-refractivity contribution in [2.45, 2.75) is 38.1 Å². The van der Waals surface area contributed by atoms with Gasteiger partial charge in [0, 0.05) is 42.8 Å². The van der Waals surface area contributed by atoms with Gasteiger partial charge in [-0.1, -0.05) is 18.2 Å². The third-order valence-corrected chi connectivity index (χ3v) is 5.84. The van der Waals surface area contributed by atoms with Gasteiger partial charge in [0.05, 0.1) is 19.2 Å². The Morgan fingerprint density at radius 1 is 1.10 bits per heavy atom. The average Bonchev–Trinajstić information content (AvgIpc) is 3.10. The first kappa shape index (κ1) is 20.7. The number of aliphatic imine (C=N–C) groups is 1. The topological polar surface area (TPSA) is 65.4 Å². The van der Waals surface area contributed by atoms with Gasteiger partial charge >= 0.3 is 12.4 Å². The lowest BCUT2D eigenvalue weighted by molar-refractivity contribution is -0.274. The van der Waals surface area contributed by atoms with Crippen LogP contribution in [0.25, 0.3) is 0 Å². The summed E-state index contributed by atoms with van der Waals surface area (Å²) in [5, 5.41) is 9.53. The molecule has 2 unspecified atom stereocenters. The monoisotopic (exact) mass is 423 g/mol. The number of ether oxygens (including phenoxy) is 1. The van der Waals surface area contributed by atoms with Crippen LogP contribution in [0.2, 0.25) is 0 Å². The Morgan fingerprint density at radius 2 is 1.73 bits per heavy atom. The fourth-order valence-electron chi connectivity index (χ4n) is 4.32. The van der Waals surface area contributed by atoms with Crippen molar-refractivity contribution in [3.05, 3.63) is 41.6 Å². The lowest BCUT2D eigenvalue weighted by Crippen LogP contribution is -2.59. The van der Waals surface area contributed by atoms with E-state index in [-0.39, 0.29) is 23.6 Å². The Morgan fingerprint density at radius 3 is 2.30 bits per heavy atom. The molecule has 1 N–H and O–H groups in total. The van der Waals surface area contributed by atoms with Gasteiger partial charge in [-0.2, -0.15) is 0 Å². The van der Waals surface area contributed by atoms with E-state index in [4.69, 9.17) is 0 Å². The van der Waals surface area contributed by atoms with Crippen LogP contribution >= 0.6 is 0 Å². The van der Waals surface area contributed by atoms with Crippen LogP contribution in [0.5, 0.6) is 5.75 Å². The van der Waals surface area contributed by atoms with Gasteiger partial charge in [0.25, 0.3) is 0 Å². The summed E-state index contributed by atoms with van der Waals surface area (Å²) < 4.78 is 41.2. The summed E-state index contributed by atoms with van der Waals surface area (Å²) in [7, 11) is 0. The first-order valence-corrected chi connectivity index (χ1v) is 10.00. The van der Waals surface area contributed by atoms with E-state index in [0.29, 0.717) is 26.2 Å². The van der Waals surface area contributed by atoms with Crippen LogP contribution in [0, 0.1) is 5.92 Å². The number of aliphatic hydroxyl groups is 1. The van der Waals surface area contributed by atoms with Crippen LogP contribution in [-0.4, -0.2) is 65.3 Å². The highest BCUT2D eigenvalue weighted by molar-refractivity contribution is 5.91. The number of aliphatic hydroxyl groups excluding tert-OH is 1. The number of amides is 2. The molecule has 3 aliphatic heterocycles. The highest BCUT2D eigenvalue weighted by Gasteiger charge is 2.38. The van der Waals surface area contributed by atoms with Gasteiger partial charge in [-0.25, -0.2) is 4.79 Å². The highest BCUT2D eigenvalue weighted by atomic mass is 19.4. The Hall–Kier alpha value is -2.55. The van der Waals surface area contributed by atoms with Crippen LogP contribution in [0.3, 0.4) is 0 Å². The van der Waals surface area contributed by atoms with Gasteiger partial charge < -0.3 is 19.6 Å². The molecule has 2 saturated heterocycles. The molecule has 0 aromatic heterocycles. The van der Waals surface area contributed by atoms with Gasteiger partial charge in [-0.3, -0.25) is 4.99 Å². The third kappa shape index (κ3) is 4.61. The maximum Gasteiger partial charge on any atom is 0.573 e. The van der Waals surface area contributed by atoms with Crippen LogP contribution < -0.4 is 4.74 Å². The van der Waals surface area contributed by atoms with E-state index < -0.39 is 12.5 Å². The number of hydrogen-bond acceptors (Lipinski definition) is 4. The lowest BCUT2D eigenvalue weighted by atomic mass is 9.81. The minimum absolute atomic E-state index is 0.0255. The predicted octanol–water partition coefficient (Wildman–Crippen LogP) is 3.54. The van der Waals surface area contributed by atoms with Crippen molar-refractivity contribution in [1.82, 2.24) is 9.80 Å². The van der Waals surface area contributed by atoms with Gasteiger partial charge in [0.15, 0.2) is 0 Å². The Labute approximate surface area is 172 Å². The number of piperidine rings is 1. The smallest absolute Gasteiger partial charge is 0.406 e. The molecule has 30 heavy (non-hydrogen) atoms. The van der Waals surface area contributed by atoms with Gasteiger partial charge in [-0.05, 0) is 31.0 Å². The molecule has 0 aliphatic carbocycles. The quantitative estimate of drug-likeness (QED) is 0.809. The van der Waals surface area contributed by atoms with Crippen molar-refractivity contribution in [1.29, 1.82) is 0 Å². The van der Waals surface area contributed by atoms with Crippen molar-refractivity contribution in [3.63, 3.8) is 0 Å². The van der Waals surface area contributed by atoms with Crippen LogP contribution in [0.1, 0.15) is 31.2 Å². The van der Waals surface area contributed by atoms with Crippen molar-refractivity contribution in [3.8, 4) is 5.75 Å². The van der Waals surface area contributed by atoms with E-state index in [9.17, 15) is 23.1 Å². The number of carbonyl (C=O) groups excluding carboxylic acids is 1. The number of β-amino-alcohol motifs (C(OH)–C–C–N with tert-alkyl or cyclic N) is 1. The normalized spacial score (nSPS) is 25.0. The van der Waals surface area contributed by atoms with Crippen LogP contribution in [-0.2, 0) is 0 Å². The van der Waals surface area contributed by atoms with Gasteiger partial charge in [0.1, 0.15) is 5.75 Å². The molecule has 0 bridgehead atoms. The fraction of sp³-hybridized carbons (Fsp3) is 0.524. The van der Waals surface area contributed by atoms with E-state index in [1.54, 1.807) is 21.9 Å². The summed E-state index contributed by atoms with van der Waals surface area (Å²) in [6.07, 6.45) is -1.62. The molecule has 2 atom stereocenters. The molecule has 6 nitrogen and oxygen atoms in total. The lowest BCUT2D eigenvalue weighted by Gasteiger charge is -2.44. The molecule has 2 amide bonds. The summed E-state index contributed by atoms with van der Waals surface area (Å²) in [5.74, 6) is -0.206. The molecule has 1 aromatic carbocycles. The number of urea groups is 1. The molecule has 3 aliphatic rings. The zero-order valence-electron chi connectivity index (χ0n) is 16.6. The number of rotatable bonds is 3. The standard InChI is InChI=1S/C21H24F3N3O3/c1-13-2-7-19(25-13)16-8-15(9-26(10-16)20(29)27-11-17(28)12-27)14-3-5-18(6-4-14)30-21(22,23)24/h2-6,15-17,28H,7-12H2,1H3. The molecule has 3 heterocycles. The number of nitrogens with zero attached hydrogens (tertiary/aromatic N) is 3. The first-order valence-electron chi connectivity index (χ1n) is 10.00. The van der Waals surface area contributed by atoms with Crippen molar-refractivity contribution >= 4 is 11.7 Å². The first-order chi connectivity index (χ1) is 14.2. The van der Waals surface area contributed by atoms with Crippen molar-refractivity contribution in [2.24, 2.45) is 10.9 Å². The second-order valence-electron chi connectivity index (χ2n) is 8.15. The number of hydrogen-bond donors (Lipinski definition) is 1. The van der Waals surface area contributed by atoms with Crippen LogP contribution in [0.15, 0.2) is 41.0 Å². The Bertz CT molecular complexity index is 860. The highest BCUT2D eigenvalue weighted by Crippen LogP contribution is 2.35. The second kappa shape index (κ2) is 7.94. The molecule has 2 fully saturated rings. The van der Waals surface area contributed by atoms with E-state index in [0.717, 1.165) is 29.8 Å². The predicted molar refractivity (Wildman–Crippen MR) is 104 cm³/mol. The summed E-state index contributed by atoms with van der Waals surface area (Å²) in [5.41, 5.74) is 2.86. The zero-order chi connectivity index (χ0) is 21.5. The number of carbonyl (C=O) groups is 1. The third-order valence-electron chi connectivity index (χ3n) is 5.84. The molecule has 0 radical (unpaired) electrons. The minimum Gasteiger partial charge on any atom is -0.406 e. The molecule has 1 aromatic rings. The maximum atomic E-state index is 12.9. The summed E-state index contributed by atoms with van der Waals surface area (Å²) >= 11 is 0. The Balaban J connectivity index is 1.52. The summed E-state index contributed by atoms with van der Waals surface area (Å²) in [6.45, 7) is 3.63. The average molecular weight is 423 g/mol. The SMILES string of the molecule is CC1=CCC(C2CC(c3ccc(OC(F)(F)F)cc3)CN(C(=O)N3CC(O)C3)C2)=N1. The fourth-order valence-corrected chi connectivity index (χ4v) is 4.32. The van der Waals surface area contributed by atoms with E-state index >= 15 is 0 Å². The molecular formula is C21H24F3N3O3. The minimum atomic E-state index is -4.73. The molecule has 4 rings (SSSR count). The molecule has 9 heteroatoms. The van der Waals surface area contributed by atoms with Crippen molar-refractivity contribution < 1.29 is 27.8 Å². The van der Waals surface area contributed by atoms with Crippen LogP contribution in [0.4, 0.5) is 18.0 Å². The summed E-state index contributed by atoms with van der Waals surface area (Å²) in [6, 6.07) is 5.76. The maximum absolute atomic E-state index is 12.9. The molecule has 0 saturated carbocycles. The summed E-state index contributed by atoms with van der Waals surface area (Å²) in [4.78, 5) is 20.9. The molecule has 162 valence electrons. The number of halogens is 3. The van der Waals surface area contributed by atoms with Gasteiger partial charge in [0.2, 0.25) is 0 Å². The molecular weight excluding hydrogens is 399 g/mol. The Kier molecular flexibility index (Phi) is 5.48. The van der Waals surface area contributed by atoms with E-state index in [1.807, 2.05) is 6.92 Å². The zero-order valence-corrected chi connectivity index (χ0v) is 16.6. The number of benzene rings is 1. The number of allylic oxidation sites excluding steroid dienone is 2.